The molecule has 24 heavy (non-hydrogen) atoms. The van der Waals surface area contributed by atoms with Crippen LogP contribution in [0.4, 0.5) is 13.2 Å². The van der Waals surface area contributed by atoms with Gasteiger partial charge in [-0.2, -0.15) is 13.2 Å². The highest BCUT2D eigenvalue weighted by molar-refractivity contribution is 7.11. The summed E-state index contributed by atoms with van der Waals surface area (Å²) in [6.07, 6.45) is -3.05. The Morgan fingerprint density at radius 2 is 2.17 bits per heavy atom. The molecule has 1 aromatic heterocycles. The third-order valence-electron chi connectivity index (χ3n) is 4.01. The number of rotatable bonds is 4. The maximum absolute atomic E-state index is 12.7. The Hall–Kier alpha value is -1.64. The van der Waals surface area contributed by atoms with Crippen molar-refractivity contribution in [1.29, 1.82) is 0 Å². The number of halogens is 3. The molecule has 0 bridgehead atoms. The van der Waals surface area contributed by atoms with E-state index in [4.69, 9.17) is 4.74 Å². The van der Waals surface area contributed by atoms with E-state index in [2.05, 4.69) is 15.2 Å². The second kappa shape index (κ2) is 7.08. The van der Waals surface area contributed by atoms with Gasteiger partial charge in [-0.1, -0.05) is 18.2 Å². The van der Waals surface area contributed by atoms with Crippen molar-refractivity contribution in [2.45, 2.75) is 18.8 Å². The molecule has 4 nitrogen and oxygen atoms in total. The number of ether oxygens (including phenoxy) is 1. The molecule has 1 fully saturated rings. The molecule has 2 aromatic rings. The number of nitrogens with zero attached hydrogens (tertiary/aromatic N) is 2. The summed E-state index contributed by atoms with van der Waals surface area (Å²) < 4.78 is 43.6. The second-order valence-electron chi connectivity index (χ2n) is 5.56. The van der Waals surface area contributed by atoms with E-state index < -0.39 is 11.2 Å². The van der Waals surface area contributed by atoms with E-state index in [1.165, 1.54) is 6.20 Å². The van der Waals surface area contributed by atoms with E-state index in [0.717, 1.165) is 30.9 Å². The summed E-state index contributed by atoms with van der Waals surface area (Å²) in [6.45, 7) is 2.72. The molecule has 1 aliphatic heterocycles. The predicted molar refractivity (Wildman–Crippen MR) is 86.1 cm³/mol. The standard InChI is InChI=1S/C16H18F3N3OS/c1-23-14-5-3-2-4-12(14)13-9-20-6-7-22(13)10-11-8-21-15(24-11)16(17,18)19/h2-5,8,13,20H,6-7,9-10H2,1H3. The van der Waals surface area contributed by atoms with Crippen molar-refractivity contribution in [3.63, 3.8) is 0 Å². The smallest absolute Gasteiger partial charge is 0.443 e. The number of aromatic nitrogens is 1. The molecule has 0 amide bonds. The normalized spacial score (nSPS) is 19.4. The minimum Gasteiger partial charge on any atom is -0.496 e. The molecule has 0 radical (unpaired) electrons. The molecule has 1 N–H and O–H groups in total. The third kappa shape index (κ3) is 3.71. The van der Waals surface area contributed by atoms with Crippen LogP contribution in [0, 0.1) is 0 Å². The van der Waals surface area contributed by atoms with Crippen LogP contribution in [0.2, 0.25) is 0 Å². The number of benzene rings is 1. The lowest BCUT2D eigenvalue weighted by Gasteiger charge is -2.36. The van der Waals surface area contributed by atoms with Crippen LogP contribution in [0.15, 0.2) is 30.5 Å². The van der Waals surface area contributed by atoms with Gasteiger partial charge in [-0.3, -0.25) is 4.90 Å². The van der Waals surface area contributed by atoms with Crippen molar-refractivity contribution in [2.24, 2.45) is 0 Å². The minimum absolute atomic E-state index is 0.0475. The van der Waals surface area contributed by atoms with Crippen LogP contribution in [0.3, 0.4) is 0 Å². The van der Waals surface area contributed by atoms with Crippen molar-refractivity contribution in [1.82, 2.24) is 15.2 Å². The fourth-order valence-corrected chi connectivity index (χ4v) is 3.70. The van der Waals surface area contributed by atoms with E-state index in [0.29, 0.717) is 22.8 Å². The maximum atomic E-state index is 12.7. The number of piperazine rings is 1. The van der Waals surface area contributed by atoms with E-state index >= 15 is 0 Å². The summed E-state index contributed by atoms with van der Waals surface area (Å²) in [7, 11) is 1.62. The van der Waals surface area contributed by atoms with Crippen molar-refractivity contribution < 1.29 is 17.9 Å². The third-order valence-corrected chi connectivity index (χ3v) is 5.03. The van der Waals surface area contributed by atoms with Crippen LogP contribution < -0.4 is 10.1 Å². The largest absolute Gasteiger partial charge is 0.496 e. The topological polar surface area (TPSA) is 37.4 Å². The molecule has 2 heterocycles. The van der Waals surface area contributed by atoms with Gasteiger partial charge < -0.3 is 10.1 Å². The van der Waals surface area contributed by atoms with E-state index in [1.54, 1.807) is 7.11 Å². The molecule has 1 aliphatic rings. The van der Waals surface area contributed by atoms with Crippen LogP contribution in [0.5, 0.6) is 5.75 Å². The predicted octanol–water partition coefficient (Wildman–Crippen LogP) is 3.32. The van der Waals surface area contributed by atoms with E-state index in [1.807, 2.05) is 24.3 Å². The molecule has 0 aliphatic carbocycles. The van der Waals surface area contributed by atoms with Crippen molar-refractivity contribution in [3.05, 3.63) is 45.9 Å². The summed E-state index contributed by atoms with van der Waals surface area (Å²) in [5.74, 6) is 0.788. The highest BCUT2D eigenvalue weighted by Gasteiger charge is 2.35. The van der Waals surface area contributed by atoms with Gasteiger partial charge >= 0.3 is 6.18 Å². The Kier molecular flexibility index (Phi) is 5.07. The molecule has 8 heteroatoms. The highest BCUT2D eigenvalue weighted by Crippen LogP contribution is 2.35. The number of methoxy groups -OCH3 is 1. The first-order chi connectivity index (χ1) is 11.5. The van der Waals surface area contributed by atoms with Gasteiger partial charge in [0.25, 0.3) is 0 Å². The van der Waals surface area contributed by atoms with E-state index in [9.17, 15) is 13.2 Å². The number of hydrogen-bond donors (Lipinski definition) is 1. The van der Waals surface area contributed by atoms with Crippen molar-refractivity contribution >= 4 is 11.3 Å². The first-order valence-corrected chi connectivity index (χ1v) is 8.40. The lowest BCUT2D eigenvalue weighted by atomic mass is 10.0. The summed E-state index contributed by atoms with van der Waals surface area (Å²) in [6, 6.07) is 7.79. The fraction of sp³-hybridized carbons (Fsp3) is 0.438. The SMILES string of the molecule is COc1ccccc1C1CNCCN1Cc1cnc(C(F)(F)F)s1. The number of alkyl halides is 3. The Morgan fingerprint density at radius 3 is 2.88 bits per heavy atom. The quantitative estimate of drug-likeness (QED) is 0.911. The van der Waals surface area contributed by atoms with Gasteiger partial charge in [-0.05, 0) is 6.07 Å². The number of thiazole rings is 1. The van der Waals surface area contributed by atoms with Crippen molar-refractivity contribution in [2.75, 3.05) is 26.7 Å². The summed E-state index contributed by atoms with van der Waals surface area (Å²) in [4.78, 5) is 6.29. The zero-order valence-electron chi connectivity index (χ0n) is 13.1. The van der Waals surface area contributed by atoms with Crippen LogP contribution in [-0.2, 0) is 12.7 Å². The molecule has 0 saturated carbocycles. The molecule has 0 spiro atoms. The molecule has 130 valence electrons. The van der Waals surface area contributed by atoms with Crippen LogP contribution in [-0.4, -0.2) is 36.6 Å². The lowest BCUT2D eigenvalue weighted by Crippen LogP contribution is -2.45. The molecule has 1 unspecified atom stereocenters. The van der Waals surface area contributed by atoms with Crippen LogP contribution in [0.1, 0.15) is 21.5 Å². The van der Waals surface area contributed by atoms with Gasteiger partial charge in [0, 0.05) is 42.8 Å². The Bertz CT molecular complexity index is 689. The molecule has 1 atom stereocenters. The average Bonchev–Trinajstić information content (AvgIpc) is 3.04. The lowest BCUT2D eigenvalue weighted by molar-refractivity contribution is -0.137. The molecule has 1 aromatic carbocycles. The number of nitrogens with one attached hydrogen (secondary N) is 1. The summed E-state index contributed by atoms with van der Waals surface area (Å²) in [5, 5.41) is 2.55. The molecular formula is C16H18F3N3OS. The first-order valence-electron chi connectivity index (χ1n) is 7.58. The Morgan fingerprint density at radius 1 is 1.38 bits per heavy atom. The number of hydrogen-bond acceptors (Lipinski definition) is 5. The Balaban J connectivity index is 1.81. The average molecular weight is 357 g/mol. The zero-order chi connectivity index (χ0) is 17.2. The second-order valence-corrected chi connectivity index (χ2v) is 6.68. The minimum atomic E-state index is -4.38. The Labute approximate surface area is 142 Å². The highest BCUT2D eigenvalue weighted by atomic mass is 32.1. The fourth-order valence-electron chi connectivity index (χ4n) is 2.90. The number of para-hydroxylation sites is 1. The molecule has 3 rings (SSSR count). The molecule has 1 saturated heterocycles. The van der Waals surface area contributed by atoms with Gasteiger partial charge in [0.15, 0.2) is 5.01 Å². The van der Waals surface area contributed by atoms with Gasteiger partial charge in [0.2, 0.25) is 0 Å². The summed E-state index contributed by atoms with van der Waals surface area (Å²) >= 11 is 0.711. The van der Waals surface area contributed by atoms with Gasteiger partial charge in [-0.25, -0.2) is 4.98 Å². The van der Waals surface area contributed by atoms with E-state index in [-0.39, 0.29) is 6.04 Å². The van der Waals surface area contributed by atoms with Crippen LogP contribution in [0.25, 0.3) is 0 Å². The monoisotopic (exact) mass is 357 g/mol. The first kappa shape index (κ1) is 17.2. The van der Waals surface area contributed by atoms with Gasteiger partial charge in [-0.15, -0.1) is 11.3 Å². The maximum Gasteiger partial charge on any atom is 0.443 e. The van der Waals surface area contributed by atoms with Gasteiger partial charge in [0.05, 0.1) is 13.2 Å². The van der Waals surface area contributed by atoms with Crippen LogP contribution >= 0.6 is 11.3 Å². The van der Waals surface area contributed by atoms with Crippen molar-refractivity contribution in [3.8, 4) is 5.75 Å². The van der Waals surface area contributed by atoms with Gasteiger partial charge in [0.1, 0.15) is 5.75 Å². The summed E-state index contributed by atoms with van der Waals surface area (Å²) in [5.41, 5.74) is 1.03. The zero-order valence-corrected chi connectivity index (χ0v) is 14.0. The molecular weight excluding hydrogens is 339 g/mol.